The number of carbonyl (C=O) groups is 1. The second kappa shape index (κ2) is 10.4. The molecule has 1 saturated carbocycles. The van der Waals surface area contributed by atoms with Gasteiger partial charge in [-0.05, 0) is 51.1 Å². The Balaban J connectivity index is 0.00000200. The van der Waals surface area contributed by atoms with E-state index in [2.05, 4.69) is 10.6 Å². The van der Waals surface area contributed by atoms with Crippen molar-refractivity contribution < 1.29 is 4.79 Å². The third-order valence-electron chi connectivity index (χ3n) is 4.73. The monoisotopic (exact) mass is 302 g/mol. The van der Waals surface area contributed by atoms with Gasteiger partial charge >= 0.3 is 0 Å². The molecule has 1 unspecified atom stereocenters. The summed E-state index contributed by atoms with van der Waals surface area (Å²) in [6.45, 7) is 3.19. The quantitative estimate of drug-likeness (QED) is 0.837. The lowest BCUT2D eigenvalue weighted by Gasteiger charge is -2.23. The summed E-state index contributed by atoms with van der Waals surface area (Å²) >= 11 is 0. The molecule has 0 aromatic rings. The molecule has 1 saturated heterocycles. The van der Waals surface area contributed by atoms with Crippen molar-refractivity contribution >= 4 is 18.3 Å². The molecule has 0 radical (unpaired) electrons. The number of amides is 1. The number of hydrogen-bond acceptors (Lipinski definition) is 2. The van der Waals surface area contributed by atoms with Gasteiger partial charge < -0.3 is 10.6 Å². The lowest BCUT2D eigenvalue weighted by Crippen LogP contribution is -2.35. The highest BCUT2D eigenvalue weighted by molar-refractivity contribution is 5.85. The Morgan fingerprint density at radius 3 is 2.35 bits per heavy atom. The fourth-order valence-electron chi connectivity index (χ4n) is 3.43. The Morgan fingerprint density at radius 1 is 1.00 bits per heavy atom. The highest BCUT2D eigenvalue weighted by atomic mass is 35.5. The van der Waals surface area contributed by atoms with Crippen molar-refractivity contribution in [3.05, 3.63) is 0 Å². The van der Waals surface area contributed by atoms with Crippen LogP contribution in [0.4, 0.5) is 0 Å². The highest BCUT2D eigenvalue weighted by Crippen LogP contribution is 2.22. The molecule has 1 aliphatic heterocycles. The molecule has 0 aromatic carbocycles. The maximum absolute atomic E-state index is 12.2. The second-order valence-corrected chi connectivity index (χ2v) is 6.33. The second-order valence-electron chi connectivity index (χ2n) is 6.33. The zero-order valence-electron chi connectivity index (χ0n) is 12.7. The van der Waals surface area contributed by atoms with Crippen LogP contribution >= 0.6 is 12.4 Å². The first-order chi connectivity index (χ1) is 9.36. The van der Waals surface area contributed by atoms with Crippen LogP contribution in [0.1, 0.15) is 64.2 Å². The lowest BCUT2D eigenvalue weighted by atomic mass is 9.90. The van der Waals surface area contributed by atoms with Gasteiger partial charge in [0.15, 0.2) is 0 Å². The van der Waals surface area contributed by atoms with E-state index in [1.807, 2.05) is 0 Å². The highest BCUT2D eigenvalue weighted by Gasteiger charge is 2.19. The molecule has 0 spiro atoms. The molecule has 1 aliphatic carbocycles. The molecule has 2 N–H and O–H groups in total. The van der Waals surface area contributed by atoms with E-state index in [1.165, 1.54) is 51.5 Å². The largest absolute Gasteiger partial charge is 0.356 e. The Kier molecular flexibility index (Phi) is 9.28. The first-order valence-electron chi connectivity index (χ1n) is 8.34. The standard InChI is InChI=1S/C16H30N2O.ClH/c19-16(15-8-4-2-1-3-5-9-15)18-12-10-14-7-6-11-17-13-14;/h14-15,17H,1-13H2,(H,18,19);1H. The molecule has 2 fully saturated rings. The Bertz CT molecular complexity index is 259. The zero-order chi connectivity index (χ0) is 13.3. The summed E-state index contributed by atoms with van der Waals surface area (Å²) in [6, 6.07) is 0. The summed E-state index contributed by atoms with van der Waals surface area (Å²) < 4.78 is 0. The molecular weight excluding hydrogens is 272 g/mol. The average Bonchev–Trinajstić information content (AvgIpc) is 2.39. The van der Waals surface area contributed by atoms with E-state index in [0.29, 0.717) is 11.8 Å². The average molecular weight is 303 g/mol. The van der Waals surface area contributed by atoms with Crippen molar-refractivity contribution in [3.63, 3.8) is 0 Å². The fraction of sp³-hybridized carbons (Fsp3) is 0.938. The topological polar surface area (TPSA) is 41.1 Å². The zero-order valence-corrected chi connectivity index (χ0v) is 13.5. The Labute approximate surface area is 130 Å². The van der Waals surface area contributed by atoms with Crippen LogP contribution < -0.4 is 10.6 Å². The minimum atomic E-state index is 0. The van der Waals surface area contributed by atoms with E-state index in [1.54, 1.807) is 0 Å². The summed E-state index contributed by atoms with van der Waals surface area (Å²) in [6.07, 6.45) is 12.5. The summed E-state index contributed by atoms with van der Waals surface area (Å²) in [5, 5.41) is 6.62. The van der Waals surface area contributed by atoms with Gasteiger partial charge in [-0.1, -0.05) is 32.1 Å². The van der Waals surface area contributed by atoms with Gasteiger partial charge in [-0.3, -0.25) is 4.79 Å². The molecule has 0 aromatic heterocycles. The van der Waals surface area contributed by atoms with E-state index in [9.17, 15) is 4.79 Å². The maximum atomic E-state index is 12.2. The number of carbonyl (C=O) groups excluding carboxylic acids is 1. The van der Waals surface area contributed by atoms with Crippen LogP contribution in [0.3, 0.4) is 0 Å². The third kappa shape index (κ3) is 6.45. The number of rotatable bonds is 4. The van der Waals surface area contributed by atoms with Crippen LogP contribution in [-0.2, 0) is 4.79 Å². The summed E-state index contributed by atoms with van der Waals surface area (Å²) in [5.41, 5.74) is 0. The third-order valence-corrected chi connectivity index (χ3v) is 4.73. The maximum Gasteiger partial charge on any atom is 0.223 e. The molecule has 3 nitrogen and oxygen atoms in total. The van der Waals surface area contributed by atoms with Crippen molar-refractivity contribution in [3.8, 4) is 0 Å². The molecule has 1 amide bonds. The first kappa shape index (κ1) is 17.8. The van der Waals surface area contributed by atoms with E-state index in [0.717, 1.165) is 38.3 Å². The van der Waals surface area contributed by atoms with Gasteiger partial charge in [0.25, 0.3) is 0 Å². The molecule has 2 rings (SSSR count). The molecule has 4 heteroatoms. The number of piperidine rings is 1. The van der Waals surface area contributed by atoms with Gasteiger partial charge in [-0.25, -0.2) is 0 Å². The lowest BCUT2D eigenvalue weighted by molar-refractivity contribution is -0.125. The minimum Gasteiger partial charge on any atom is -0.356 e. The predicted octanol–water partition coefficient (Wildman–Crippen LogP) is 3.27. The predicted molar refractivity (Wildman–Crippen MR) is 86.3 cm³/mol. The Morgan fingerprint density at radius 2 is 1.70 bits per heavy atom. The van der Waals surface area contributed by atoms with Gasteiger partial charge in [0.2, 0.25) is 5.91 Å². The molecule has 20 heavy (non-hydrogen) atoms. The van der Waals surface area contributed by atoms with E-state index in [4.69, 9.17) is 0 Å². The summed E-state index contributed by atoms with van der Waals surface area (Å²) in [4.78, 5) is 12.2. The first-order valence-corrected chi connectivity index (χ1v) is 8.34. The van der Waals surface area contributed by atoms with E-state index >= 15 is 0 Å². The van der Waals surface area contributed by atoms with Crippen LogP contribution in [0.25, 0.3) is 0 Å². The summed E-state index contributed by atoms with van der Waals surface area (Å²) in [7, 11) is 0. The van der Waals surface area contributed by atoms with Crippen LogP contribution in [0.15, 0.2) is 0 Å². The smallest absolute Gasteiger partial charge is 0.223 e. The SMILES string of the molecule is Cl.O=C(NCCC1CCCNC1)C1CCCCCCC1. The Hall–Kier alpha value is -0.280. The van der Waals surface area contributed by atoms with Crippen molar-refractivity contribution in [2.45, 2.75) is 64.2 Å². The minimum absolute atomic E-state index is 0. The molecule has 1 heterocycles. The van der Waals surface area contributed by atoms with Crippen molar-refractivity contribution in [2.75, 3.05) is 19.6 Å². The normalized spacial score (nSPS) is 25.1. The van der Waals surface area contributed by atoms with Crippen LogP contribution in [-0.4, -0.2) is 25.5 Å². The van der Waals surface area contributed by atoms with Crippen molar-refractivity contribution in [1.82, 2.24) is 10.6 Å². The molecular formula is C16H31ClN2O. The van der Waals surface area contributed by atoms with E-state index in [-0.39, 0.29) is 12.4 Å². The number of hydrogen-bond donors (Lipinski definition) is 2. The van der Waals surface area contributed by atoms with E-state index < -0.39 is 0 Å². The van der Waals surface area contributed by atoms with Crippen LogP contribution in [0.5, 0.6) is 0 Å². The molecule has 0 bridgehead atoms. The van der Waals surface area contributed by atoms with Crippen molar-refractivity contribution in [2.24, 2.45) is 11.8 Å². The fourth-order valence-corrected chi connectivity index (χ4v) is 3.43. The van der Waals surface area contributed by atoms with Crippen molar-refractivity contribution in [1.29, 1.82) is 0 Å². The molecule has 118 valence electrons. The molecule has 1 atom stereocenters. The van der Waals surface area contributed by atoms with Gasteiger partial charge in [0.05, 0.1) is 0 Å². The van der Waals surface area contributed by atoms with Gasteiger partial charge in [-0.15, -0.1) is 12.4 Å². The number of nitrogens with one attached hydrogen (secondary N) is 2. The van der Waals surface area contributed by atoms with Gasteiger partial charge in [0.1, 0.15) is 0 Å². The van der Waals surface area contributed by atoms with Crippen LogP contribution in [0.2, 0.25) is 0 Å². The summed E-state index contributed by atoms with van der Waals surface area (Å²) in [5.74, 6) is 1.39. The van der Waals surface area contributed by atoms with Crippen LogP contribution in [0, 0.1) is 11.8 Å². The van der Waals surface area contributed by atoms with Gasteiger partial charge in [0, 0.05) is 12.5 Å². The van der Waals surface area contributed by atoms with Gasteiger partial charge in [-0.2, -0.15) is 0 Å². The number of halogens is 1. The molecule has 2 aliphatic rings.